The quantitative estimate of drug-likeness (QED) is 0.477. The Kier molecular flexibility index (Phi) is 5.57. The SMILES string of the molecule is O=C(O[C@H](C(=O)Nc1ccc(F)cc1)c1ccccc1)c1cc(=O)[nH]c2ccccc12. The van der Waals surface area contributed by atoms with Crippen molar-refractivity contribution in [2.75, 3.05) is 5.32 Å². The van der Waals surface area contributed by atoms with E-state index in [9.17, 15) is 18.8 Å². The molecule has 0 fully saturated rings. The summed E-state index contributed by atoms with van der Waals surface area (Å²) in [5.41, 5.74) is 0.871. The third-order valence-corrected chi connectivity index (χ3v) is 4.65. The van der Waals surface area contributed by atoms with Crippen LogP contribution in [0.4, 0.5) is 10.1 Å². The van der Waals surface area contributed by atoms with Gasteiger partial charge in [-0.05, 0) is 30.3 Å². The molecule has 0 saturated heterocycles. The van der Waals surface area contributed by atoms with Crippen LogP contribution in [-0.4, -0.2) is 16.9 Å². The normalized spacial score (nSPS) is 11.6. The van der Waals surface area contributed by atoms with Gasteiger partial charge in [-0.15, -0.1) is 0 Å². The third kappa shape index (κ3) is 4.51. The number of H-pyrrole nitrogens is 1. The topological polar surface area (TPSA) is 88.3 Å². The molecule has 0 aliphatic rings. The summed E-state index contributed by atoms with van der Waals surface area (Å²) in [4.78, 5) is 40.6. The Morgan fingerprint density at radius 2 is 1.58 bits per heavy atom. The number of benzene rings is 3. The van der Waals surface area contributed by atoms with Crippen molar-refractivity contribution in [1.82, 2.24) is 4.98 Å². The van der Waals surface area contributed by atoms with Gasteiger partial charge in [0.05, 0.1) is 5.56 Å². The molecular formula is C24H17FN2O4. The van der Waals surface area contributed by atoms with Gasteiger partial charge in [0, 0.05) is 28.2 Å². The highest BCUT2D eigenvalue weighted by Crippen LogP contribution is 2.24. The van der Waals surface area contributed by atoms with Gasteiger partial charge in [0.2, 0.25) is 11.7 Å². The molecule has 0 aliphatic heterocycles. The predicted octanol–water partition coefficient (Wildman–Crippen LogP) is 4.20. The summed E-state index contributed by atoms with van der Waals surface area (Å²) in [6.45, 7) is 0. The average Bonchev–Trinajstić information content (AvgIpc) is 2.78. The molecule has 0 radical (unpaired) electrons. The minimum Gasteiger partial charge on any atom is -0.444 e. The Hall–Kier alpha value is -4.26. The molecule has 4 aromatic rings. The van der Waals surface area contributed by atoms with Crippen molar-refractivity contribution in [1.29, 1.82) is 0 Å². The van der Waals surface area contributed by atoms with Gasteiger partial charge in [0.1, 0.15) is 5.82 Å². The summed E-state index contributed by atoms with van der Waals surface area (Å²) in [7, 11) is 0. The molecule has 7 heteroatoms. The highest BCUT2D eigenvalue weighted by Gasteiger charge is 2.27. The van der Waals surface area contributed by atoms with Crippen molar-refractivity contribution >= 4 is 28.5 Å². The van der Waals surface area contributed by atoms with Crippen LogP contribution in [0.5, 0.6) is 0 Å². The lowest BCUT2D eigenvalue weighted by atomic mass is 10.1. The number of nitrogens with one attached hydrogen (secondary N) is 2. The minimum absolute atomic E-state index is 0.0508. The van der Waals surface area contributed by atoms with Crippen LogP contribution in [0.3, 0.4) is 0 Å². The molecule has 1 heterocycles. The summed E-state index contributed by atoms with van der Waals surface area (Å²) < 4.78 is 18.7. The van der Waals surface area contributed by atoms with E-state index in [1.807, 2.05) is 0 Å². The molecule has 0 aliphatic carbocycles. The summed E-state index contributed by atoms with van der Waals surface area (Å²) in [5, 5.41) is 3.12. The molecule has 31 heavy (non-hydrogen) atoms. The lowest BCUT2D eigenvalue weighted by Crippen LogP contribution is -2.26. The second-order valence-corrected chi connectivity index (χ2v) is 6.79. The summed E-state index contributed by atoms with van der Waals surface area (Å²) >= 11 is 0. The number of amides is 1. The first-order valence-electron chi connectivity index (χ1n) is 9.46. The number of pyridine rings is 1. The van der Waals surface area contributed by atoms with Gasteiger partial charge >= 0.3 is 5.97 Å². The van der Waals surface area contributed by atoms with Gasteiger partial charge in [0.25, 0.3) is 5.91 Å². The van der Waals surface area contributed by atoms with Gasteiger partial charge in [-0.2, -0.15) is 0 Å². The number of hydrogen-bond donors (Lipinski definition) is 2. The second kappa shape index (κ2) is 8.62. The maximum absolute atomic E-state index is 13.2. The highest BCUT2D eigenvalue weighted by molar-refractivity contribution is 6.05. The summed E-state index contributed by atoms with van der Waals surface area (Å²) in [5.74, 6) is -1.86. The number of carbonyl (C=O) groups excluding carboxylic acids is 2. The fraction of sp³-hybridized carbons (Fsp3) is 0.0417. The van der Waals surface area contributed by atoms with Crippen molar-refractivity contribution in [3.05, 3.63) is 112 Å². The van der Waals surface area contributed by atoms with Crippen molar-refractivity contribution in [3.8, 4) is 0 Å². The largest absolute Gasteiger partial charge is 0.444 e. The number of rotatable bonds is 5. The highest BCUT2D eigenvalue weighted by atomic mass is 19.1. The van der Waals surface area contributed by atoms with Crippen LogP contribution in [-0.2, 0) is 9.53 Å². The van der Waals surface area contributed by atoms with E-state index < -0.39 is 29.4 Å². The van der Waals surface area contributed by atoms with E-state index in [0.29, 0.717) is 22.2 Å². The number of halogens is 1. The molecular weight excluding hydrogens is 399 g/mol. The van der Waals surface area contributed by atoms with Gasteiger partial charge in [-0.25, -0.2) is 9.18 Å². The van der Waals surface area contributed by atoms with Crippen molar-refractivity contribution in [3.63, 3.8) is 0 Å². The van der Waals surface area contributed by atoms with Crippen LogP contribution in [0, 0.1) is 5.82 Å². The maximum atomic E-state index is 13.2. The number of hydrogen-bond acceptors (Lipinski definition) is 4. The second-order valence-electron chi connectivity index (χ2n) is 6.79. The number of fused-ring (bicyclic) bond motifs is 1. The molecule has 0 spiro atoms. The van der Waals surface area contributed by atoms with E-state index in [2.05, 4.69) is 10.3 Å². The molecule has 1 atom stereocenters. The van der Waals surface area contributed by atoms with Crippen LogP contribution in [0.1, 0.15) is 22.0 Å². The zero-order chi connectivity index (χ0) is 21.8. The van der Waals surface area contributed by atoms with Crippen molar-refractivity contribution in [2.45, 2.75) is 6.10 Å². The van der Waals surface area contributed by atoms with E-state index in [4.69, 9.17) is 4.74 Å². The van der Waals surface area contributed by atoms with E-state index in [0.717, 1.165) is 6.07 Å². The van der Waals surface area contributed by atoms with E-state index in [1.165, 1.54) is 24.3 Å². The molecule has 2 N–H and O–H groups in total. The molecule has 1 aromatic heterocycles. The summed E-state index contributed by atoms with van der Waals surface area (Å²) in [6, 6.07) is 21.7. The molecule has 4 rings (SSSR count). The van der Waals surface area contributed by atoms with Crippen molar-refractivity contribution < 1.29 is 18.7 Å². The van der Waals surface area contributed by atoms with Crippen LogP contribution in [0.15, 0.2) is 89.7 Å². The Balaban J connectivity index is 1.67. The fourth-order valence-electron chi connectivity index (χ4n) is 3.19. The molecule has 0 unspecified atom stereocenters. The van der Waals surface area contributed by atoms with Gasteiger partial charge in [-0.3, -0.25) is 9.59 Å². The Morgan fingerprint density at radius 1 is 0.903 bits per heavy atom. The van der Waals surface area contributed by atoms with Crippen molar-refractivity contribution in [2.24, 2.45) is 0 Å². The van der Waals surface area contributed by atoms with Gasteiger partial charge < -0.3 is 15.0 Å². The van der Waals surface area contributed by atoms with Gasteiger partial charge in [-0.1, -0.05) is 48.5 Å². The molecule has 0 bridgehead atoms. The Bertz CT molecular complexity index is 1300. The minimum atomic E-state index is -1.28. The number of anilines is 1. The first-order valence-corrected chi connectivity index (χ1v) is 9.46. The number of carbonyl (C=O) groups is 2. The Morgan fingerprint density at radius 3 is 2.32 bits per heavy atom. The van der Waals surface area contributed by atoms with E-state index in [-0.39, 0.29) is 5.56 Å². The first kappa shape index (κ1) is 20.0. The number of aromatic nitrogens is 1. The molecule has 1 amide bonds. The molecule has 3 aromatic carbocycles. The van der Waals surface area contributed by atoms with E-state index in [1.54, 1.807) is 54.6 Å². The van der Waals surface area contributed by atoms with Crippen LogP contribution in [0.25, 0.3) is 10.9 Å². The monoisotopic (exact) mass is 416 g/mol. The number of esters is 1. The van der Waals surface area contributed by atoms with Crippen LogP contribution < -0.4 is 10.9 Å². The zero-order valence-electron chi connectivity index (χ0n) is 16.2. The number of aromatic amines is 1. The Labute approximate surface area is 176 Å². The fourth-order valence-corrected chi connectivity index (χ4v) is 3.19. The third-order valence-electron chi connectivity index (χ3n) is 4.65. The van der Waals surface area contributed by atoms with Crippen LogP contribution in [0.2, 0.25) is 0 Å². The molecule has 154 valence electrons. The first-order chi connectivity index (χ1) is 15.0. The lowest BCUT2D eigenvalue weighted by Gasteiger charge is -2.18. The average molecular weight is 416 g/mol. The van der Waals surface area contributed by atoms with E-state index >= 15 is 0 Å². The van der Waals surface area contributed by atoms with Gasteiger partial charge in [0.15, 0.2) is 0 Å². The lowest BCUT2D eigenvalue weighted by molar-refractivity contribution is -0.125. The predicted molar refractivity (Wildman–Crippen MR) is 114 cm³/mol. The zero-order valence-corrected chi connectivity index (χ0v) is 16.2. The maximum Gasteiger partial charge on any atom is 0.340 e. The molecule has 0 saturated carbocycles. The molecule has 6 nitrogen and oxygen atoms in total. The summed E-state index contributed by atoms with van der Waals surface area (Å²) in [6.07, 6.45) is -1.28. The number of para-hydroxylation sites is 1. The smallest absolute Gasteiger partial charge is 0.340 e. The standard InChI is InChI=1S/C24H17FN2O4/c25-16-10-12-17(13-11-16)26-23(29)22(15-6-2-1-3-7-15)31-24(30)19-14-21(28)27-20-9-5-4-8-18(19)20/h1-14,22H,(H,26,29)(H,27,28)/t22-/m0/s1. The van der Waals surface area contributed by atoms with Crippen LogP contribution >= 0.6 is 0 Å². The number of ether oxygens (including phenoxy) is 1.